The highest BCUT2D eigenvalue weighted by molar-refractivity contribution is 5.85. The molecule has 0 fully saturated rings. The van der Waals surface area contributed by atoms with Gasteiger partial charge < -0.3 is 9.84 Å². The number of benzene rings is 2. The molecule has 0 aliphatic carbocycles. The maximum Gasteiger partial charge on any atom is 0.276 e. The summed E-state index contributed by atoms with van der Waals surface area (Å²) in [7, 11) is 1.50. The van der Waals surface area contributed by atoms with Crippen LogP contribution in [-0.2, 0) is 6.42 Å². The van der Waals surface area contributed by atoms with E-state index in [2.05, 4.69) is 10.1 Å². The third kappa shape index (κ3) is 4.87. The molecule has 0 saturated heterocycles. The van der Waals surface area contributed by atoms with Gasteiger partial charge in [-0.15, -0.1) is 12.4 Å². The van der Waals surface area contributed by atoms with Crippen LogP contribution in [-0.4, -0.2) is 27.0 Å². The van der Waals surface area contributed by atoms with Gasteiger partial charge in [-0.05, 0) is 41.5 Å². The fraction of sp³-hybridized carbons (Fsp3) is 0.0833. The molecule has 0 aliphatic heterocycles. The van der Waals surface area contributed by atoms with Crippen LogP contribution in [0.4, 0.5) is 0 Å². The van der Waals surface area contributed by atoms with Gasteiger partial charge in [0.25, 0.3) is 5.56 Å². The summed E-state index contributed by atoms with van der Waals surface area (Å²) in [5, 5.41) is 13.0. The van der Waals surface area contributed by atoms with Crippen LogP contribution in [0.15, 0.2) is 77.7 Å². The Morgan fingerprint density at radius 2 is 1.84 bits per heavy atom. The van der Waals surface area contributed by atoms with E-state index in [0.29, 0.717) is 29.2 Å². The van der Waals surface area contributed by atoms with E-state index < -0.39 is 0 Å². The van der Waals surface area contributed by atoms with E-state index in [-0.39, 0.29) is 23.7 Å². The lowest BCUT2D eigenvalue weighted by Crippen LogP contribution is -2.18. The number of H-pyrrole nitrogens is 1. The number of hydrogen-bond acceptors (Lipinski definition) is 4. The van der Waals surface area contributed by atoms with Crippen molar-refractivity contribution in [3.63, 3.8) is 0 Å². The molecule has 0 radical (unpaired) electrons. The number of pyridine rings is 1. The summed E-state index contributed by atoms with van der Waals surface area (Å²) >= 11 is 0. The molecule has 0 aliphatic rings. The second-order valence-electron chi connectivity index (χ2n) is 6.76. The number of aromatic amines is 1. The second-order valence-corrected chi connectivity index (χ2v) is 6.76. The lowest BCUT2D eigenvalue weighted by Gasteiger charge is -2.03. The number of phenolic OH excluding ortho intramolecular Hbond substituents is 1. The van der Waals surface area contributed by atoms with E-state index in [9.17, 15) is 9.90 Å². The summed E-state index contributed by atoms with van der Waals surface area (Å²) in [6.07, 6.45) is 5.86. The van der Waals surface area contributed by atoms with Gasteiger partial charge in [0.2, 0.25) is 0 Å². The Hall–Kier alpha value is -3.77. The third-order valence-electron chi connectivity index (χ3n) is 4.77. The van der Waals surface area contributed by atoms with Crippen LogP contribution < -0.4 is 10.3 Å². The fourth-order valence-corrected chi connectivity index (χ4v) is 3.22. The molecule has 2 N–H and O–H groups in total. The molecule has 0 atom stereocenters. The van der Waals surface area contributed by atoms with Crippen LogP contribution >= 0.6 is 12.4 Å². The van der Waals surface area contributed by atoms with E-state index in [0.717, 1.165) is 11.1 Å². The second kappa shape index (κ2) is 9.82. The van der Waals surface area contributed by atoms with Crippen molar-refractivity contribution in [1.82, 2.24) is 14.8 Å². The minimum Gasteiger partial charge on any atom is -0.504 e. The van der Waals surface area contributed by atoms with Gasteiger partial charge in [0.15, 0.2) is 17.3 Å². The van der Waals surface area contributed by atoms with Crippen LogP contribution in [0.5, 0.6) is 11.5 Å². The summed E-state index contributed by atoms with van der Waals surface area (Å²) in [5.74, 6) is 0.998. The summed E-state index contributed by atoms with van der Waals surface area (Å²) in [6.45, 7) is 0. The Kier molecular flexibility index (Phi) is 6.95. The molecule has 0 bridgehead atoms. The molecule has 4 aromatic rings. The molecule has 7 heteroatoms. The quantitative estimate of drug-likeness (QED) is 0.468. The van der Waals surface area contributed by atoms with Gasteiger partial charge >= 0.3 is 0 Å². The third-order valence-corrected chi connectivity index (χ3v) is 4.77. The summed E-state index contributed by atoms with van der Waals surface area (Å²) in [4.78, 5) is 17.4. The molecule has 31 heavy (non-hydrogen) atoms. The zero-order valence-corrected chi connectivity index (χ0v) is 17.7. The van der Waals surface area contributed by atoms with Gasteiger partial charge in [-0.1, -0.05) is 48.5 Å². The van der Waals surface area contributed by atoms with Crippen LogP contribution in [0, 0.1) is 0 Å². The maximum absolute atomic E-state index is 13.2. The van der Waals surface area contributed by atoms with Gasteiger partial charge in [-0.3, -0.25) is 9.89 Å². The standard InChI is InChI=1S/C24H21N3O3.ClH/c1-30-22-16-18(11-13-21(22)28)10-12-20-19(15-17-7-3-2-4-8-17)24(29)27(26-20)23-9-5-6-14-25-23;/h2-14,16,26,28H,15H2,1H3;1H. The fourth-order valence-electron chi connectivity index (χ4n) is 3.22. The zero-order valence-electron chi connectivity index (χ0n) is 16.9. The van der Waals surface area contributed by atoms with E-state index >= 15 is 0 Å². The first kappa shape index (κ1) is 21.9. The number of rotatable bonds is 6. The smallest absolute Gasteiger partial charge is 0.276 e. The molecular formula is C24H22ClN3O3. The minimum absolute atomic E-state index is 0. The van der Waals surface area contributed by atoms with Crippen LogP contribution in [0.1, 0.15) is 22.4 Å². The average Bonchev–Trinajstić information content (AvgIpc) is 3.10. The number of ether oxygens (including phenoxy) is 1. The van der Waals surface area contributed by atoms with Crippen molar-refractivity contribution < 1.29 is 9.84 Å². The average molecular weight is 436 g/mol. The lowest BCUT2D eigenvalue weighted by molar-refractivity contribution is 0.373. The summed E-state index contributed by atoms with van der Waals surface area (Å²) in [5.41, 5.74) is 3.08. The Morgan fingerprint density at radius 1 is 1.06 bits per heavy atom. The first-order chi connectivity index (χ1) is 14.7. The predicted molar refractivity (Wildman–Crippen MR) is 124 cm³/mol. The van der Waals surface area contributed by atoms with Crippen LogP contribution in [0.2, 0.25) is 0 Å². The molecule has 158 valence electrons. The van der Waals surface area contributed by atoms with Gasteiger partial charge in [-0.2, -0.15) is 0 Å². The van der Waals surface area contributed by atoms with E-state index in [1.54, 1.807) is 36.5 Å². The normalized spacial score (nSPS) is 10.7. The molecule has 0 saturated carbocycles. The van der Waals surface area contributed by atoms with E-state index in [1.807, 2.05) is 48.6 Å². The Labute approximate surface area is 185 Å². The summed E-state index contributed by atoms with van der Waals surface area (Å²) < 4.78 is 6.62. The number of methoxy groups -OCH3 is 1. The monoisotopic (exact) mass is 435 g/mol. The highest BCUT2D eigenvalue weighted by Crippen LogP contribution is 2.27. The van der Waals surface area contributed by atoms with Gasteiger partial charge in [0.1, 0.15) is 0 Å². The number of aromatic nitrogens is 3. The Bertz CT molecular complexity index is 1230. The minimum atomic E-state index is -0.138. The van der Waals surface area contributed by atoms with Crippen molar-refractivity contribution in [2.24, 2.45) is 0 Å². The van der Waals surface area contributed by atoms with Crippen molar-refractivity contribution in [2.45, 2.75) is 6.42 Å². The van der Waals surface area contributed by atoms with Crippen molar-refractivity contribution in [2.75, 3.05) is 7.11 Å². The van der Waals surface area contributed by atoms with Gasteiger partial charge in [-0.25, -0.2) is 9.67 Å². The first-order valence-corrected chi connectivity index (χ1v) is 9.50. The molecule has 6 nitrogen and oxygen atoms in total. The number of aromatic hydroxyl groups is 1. The Balaban J connectivity index is 0.00000272. The highest BCUT2D eigenvalue weighted by atomic mass is 35.5. The topological polar surface area (TPSA) is 80.1 Å². The van der Waals surface area contributed by atoms with E-state index in [4.69, 9.17) is 4.74 Å². The molecule has 2 aromatic carbocycles. The molecule has 2 aromatic heterocycles. The largest absolute Gasteiger partial charge is 0.504 e. The predicted octanol–water partition coefficient (Wildman–Crippen LogP) is 4.46. The Morgan fingerprint density at radius 3 is 2.55 bits per heavy atom. The number of halogens is 1. The zero-order chi connectivity index (χ0) is 20.9. The van der Waals surface area contributed by atoms with Crippen molar-refractivity contribution in [3.8, 4) is 17.3 Å². The molecule has 4 rings (SSSR count). The maximum atomic E-state index is 13.2. The molecule has 0 spiro atoms. The number of hydrogen-bond donors (Lipinski definition) is 2. The van der Waals surface area contributed by atoms with Crippen molar-refractivity contribution in [3.05, 3.63) is 106 Å². The van der Waals surface area contributed by atoms with Crippen LogP contribution in [0.25, 0.3) is 18.0 Å². The molecular weight excluding hydrogens is 414 g/mol. The molecule has 0 unspecified atom stereocenters. The van der Waals surface area contributed by atoms with Gasteiger partial charge in [0, 0.05) is 18.2 Å². The number of nitrogens with zero attached hydrogens (tertiary/aromatic N) is 2. The van der Waals surface area contributed by atoms with Gasteiger partial charge in [0.05, 0.1) is 12.8 Å². The lowest BCUT2D eigenvalue weighted by atomic mass is 10.0. The first-order valence-electron chi connectivity index (χ1n) is 9.50. The van der Waals surface area contributed by atoms with E-state index in [1.165, 1.54) is 11.8 Å². The highest BCUT2D eigenvalue weighted by Gasteiger charge is 2.15. The van der Waals surface area contributed by atoms with Crippen molar-refractivity contribution in [1.29, 1.82) is 0 Å². The van der Waals surface area contributed by atoms with Crippen molar-refractivity contribution >= 4 is 24.6 Å². The molecule has 2 heterocycles. The molecule has 0 amide bonds. The summed E-state index contributed by atoms with van der Waals surface area (Å²) in [6, 6.07) is 20.4. The number of phenols is 1. The SMILES string of the molecule is COc1cc(C=Cc2[nH]n(-c3ccccn3)c(=O)c2Cc2ccccc2)ccc1O.Cl. The van der Waals surface area contributed by atoms with Crippen LogP contribution in [0.3, 0.4) is 0 Å². The number of nitrogens with one attached hydrogen (secondary N) is 1.